The van der Waals surface area contributed by atoms with Crippen LogP contribution in [0.3, 0.4) is 0 Å². The van der Waals surface area contributed by atoms with E-state index in [9.17, 15) is 9.59 Å². The van der Waals surface area contributed by atoms with Crippen LogP contribution in [0.2, 0.25) is 0 Å². The number of ether oxygens (including phenoxy) is 2. The first-order valence-electron chi connectivity index (χ1n) is 7.43. The molecule has 0 radical (unpaired) electrons. The molecule has 0 amide bonds. The van der Waals surface area contributed by atoms with Gasteiger partial charge in [0, 0.05) is 6.08 Å². The van der Waals surface area contributed by atoms with E-state index in [0.717, 1.165) is 25.3 Å². The van der Waals surface area contributed by atoms with Crippen molar-refractivity contribution >= 4 is 11.9 Å². The minimum atomic E-state index is -0.584. The molecule has 0 aromatic heterocycles. The maximum Gasteiger partial charge on any atom is 0.344 e. The maximum absolute atomic E-state index is 11.9. The second kappa shape index (κ2) is 4.61. The van der Waals surface area contributed by atoms with Crippen LogP contribution in [0.5, 0.6) is 0 Å². The lowest BCUT2D eigenvalue weighted by molar-refractivity contribution is -0.203. The molecule has 4 heteroatoms. The van der Waals surface area contributed by atoms with Crippen molar-refractivity contribution in [3.63, 3.8) is 0 Å². The molecule has 4 nitrogen and oxygen atoms in total. The quantitative estimate of drug-likeness (QED) is 0.586. The van der Waals surface area contributed by atoms with Crippen LogP contribution < -0.4 is 0 Å². The first kappa shape index (κ1) is 13.7. The number of hydrogen-bond donors (Lipinski definition) is 0. The first-order valence-corrected chi connectivity index (χ1v) is 7.43. The number of hydrogen-bond acceptors (Lipinski definition) is 4. The van der Waals surface area contributed by atoms with Gasteiger partial charge in [0.25, 0.3) is 0 Å². The number of rotatable bonds is 4. The summed E-state index contributed by atoms with van der Waals surface area (Å²) < 4.78 is 10.5. The lowest BCUT2D eigenvalue weighted by Crippen LogP contribution is -2.56. The van der Waals surface area contributed by atoms with Crippen molar-refractivity contribution in [2.24, 2.45) is 17.3 Å². The molecule has 0 N–H and O–H groups in total. The first-order chi connectivity index (χ1) is 9.42. The van der Waals surface area contributed by atoms with Crippen molar-refractivity contribution < 1.29 is 19.1 Å². The summed E-state index contributed by atoms with van der Waals surface area (Å²) in [5, 5.41) is 0. The van der Waals surface area contributed by atoms with E-state index in [-0.39, 0.29) is 12.2 Å². The predicted molar refractivity (Wildman–Crippen MR) is 72.8 cm³/mol. The minimum Gasteiger partial charge on any atom is -0.457 e. The van der Waals surface area contributed by atoms with Gasteiger partial charge in [0.05, 0.1) is 0 Å². The lowest BCUT2D eigenvalue weighted by atomic mass is 9.48. The fraction of sp³-hybridized carbons (Fsp3) is 0.750. The molecule has 4 fully saturated rings. The highest BCUT2D eigenvalue weighted by atomic mass is 16.6. The number of esters is 2. The predicted octanol–water partition coefficient (Wildman–Crippen LogP) is 2.62. The molecule has 0 spiro atoms. The molecule has 2 unspecified atom stereocenters. The summed E-state index contributed by atoms with van der Waals surface area (Å²) in [4.78, 5) is 22.9. The molecular formula is C16H22O4. The standard InChI is InChI=1S/C16H22O4/c1-3-13(17)19-9-14(18)20-16-7-11-4-12(8-16)6-15(2,5-11)10-16/h3,11-12H,1,4-10H2,2H3. The minimum absolute atomic E-state index is 0.295. The average Bonchev–Trinajstić information content (AvgIpc) is 2.32. The Morgan fingerprint density at radius 3 is 2.45 bits per heavy atom. The molecule has 0 heterocycles. The van der Waals surface area contributed by atoms with Gasteiger partial charge < -0.3 is 9.47 Å². The molecular weight excluding hydrogens is 256 g/mol. The number of carbonyl (C=O) groups excluding carboxylic acids is 2. The van der Waals surface area contributed by atoms with E-state index in [1.165, 1.54) is 19.3 Å². The zero-order valence-electron chi connectivity index (χ0n) is 12.0. The van der Waals surface area contributed by atoms with Crippen LogP contribution in [0.25, 0.3) is 0 Å². The molecule has 4 bridgehead atoms. The summed E-state index contributed by atoms with van der Waals surface area (Å²) in [5.41, 5.74) is 0.0403. The largest absolute Gasteiger partial charge is 0.457 e. The Bertz CT molecular complexity index is 439. The summed E-state index contributed by atoms with van der Waals surface area (Å²) in [5.74, 6) is 0.389. The van der Waals surface area contributed by atoms with Gasteiger partial charge in [0.1, 0.15) is 5.60 Å². The molecule has 4 aliphatic rings. The van der Waals surface area contributed by atoms with Crippen molar-refractivity contribution in [2.75, 3.05) is 6.61 Å². The lowest BCUT2D eigenvalue weighted by Gasteiger charge is -2.60. The topological polar surface area (TPSA) is 52.6 Å². The molecule has 2 atom stereocenters. The van der Waals surface area contributed by atoms with Crippen LogP contribution in [0.4, 0.5) is 0 Å². The van der Waals surface area contributed by atoms with E-state index in [1.807, 2.05) is 0 Å². The zero-order valence-corrected chi connectivity index (χ0v) is 12.0. The summed E-state index contributed by atoms with van der Waals surface area (Å²) in [6.45, 7) is 5.32. The monoisotopic (exact) mass is 278 g/mol. The number of carbonyl (C=O) groups is 2. The van der Waals surface area contributed by atoms with Gasteiger partial charge in [-0.3, -0.25) is 0 Å². The highest BCUT2D eigenvalue weighted by Crippen LogP contribution is 2.62. The van der Waals surface area contributed by atoms with E-state index in [4.69, 9.17) is 9.47 Å². The van der Waals surface area contributed by atoms with Crippen LogP contribution in [-0.4, -0.2) is 24.1 Å². The fourth-order valence-electron chi connectivity index (χ4n) is 5.21. The molecule has 4 aliphatic carbocycles. The Labute approximate surface area is 119 Å². The second-order valence-corrected chi connectivity index (χ2v) is 7.24. The maximum atomic E-state index is 11.9. The summed E-state index contributed by atoms with van der Waals surface area (Å²) >= 11 is 0. The third-order valence-electron chi connectivity index (χ3n) is 5.13. The van der Waals surface area contributed by atoms with E-state index in [2.05, 4.69) is 13.5 Å². The van der Waals surface area contributed by atoms with Gasteiger partial charge in [-0.15, -0.1) is 0 Å². The fourth-order valence-corrected chi connectivity index (χ4v) is 5.21. The van der Waals surface area contributed by atoms with Gasteiger partial charge in [0.2, 0.25) is 0 Å². The van der Waals surface area contributed by atoms with Crippen LogP contribution >= 0.6 is 0 Å². The molecule has 110 valence electrons. The van der Waals surface area contributed by atoms with Gasteiger partial charge in [-0.05, 0) is 55.8 Å². The van der Waals surface area contributed by atoms with Crippen LogP contribution in [0.1, 0.15) is 45.4 Å². The van der Waals surface area contributed by atoms with Gasteiger partial charge in [-0.25, -0.2) is 9.59 Å². The summed E-state index contributed by atoms with van der Waals surface area (Å²) in [6, 6.07) is 0. The van der Waals surface area contributed by atoms with Gasteiger partial charge in [0.15, 0.2) is 6.61 Å². The van der Waals surface area contributed by atoms with E-state index < -0.39 is 11.9 Å². The molecule has 0 aromatic rings. The van der Waals surface area contributed by atoms with Crippen LogP contribution in [-0.2, 0) is 19.1 Å². The summed E-state index contributed by atoms with van der Waals surface area (Å²) in [7, 11) is 0. The Hall–Kier alpha value is -1.32. The van der Waals surface area contributed by atoms with Crippen molar-refractivity contribution in [2.45, 2.75) is 51.0 Å². The second-order valence-electron chi connectivity index (χ2n) is 7.24. The van der Waals surface area contributed by atoms with Crippen molar-refractivity contribution in [1.82, 2.24) is 0 Å². The molecule has 0 aromatic carbocycles. The average molecular weight is 278 g/mol. The van der Waals surface area contributed by atoms with Gasteiger partial charge in [-0.1, -0.05) is 13.5 Å². The van der Waals surface area contributed by atoms with Crippen molar-refractivity contribution in [1.29, 1.82) is 0 Å². The molecule has 0 saturated heterocycles. The molecule has 0 aliphatic heterocycles. The van der Waals surface area contributed by atoms with Crippen LogP contribution in [0, 0.1) is 17.3 Å². The zero-order chi connectivity index (χ0) is 14.4. The Balaban J connectivity index is 1.63. The van der Waals surface area contributed by atoms with E-state index >= 15 is 0 Å². The Morgan fingerprint density at radius 2 is 1.90 bits per heavy atom. The molecule has 4 rings (SSSR count). The van der Waals surface area contributed by atoms with Crippen molar-refractivity contribution in [3.05, 3.63) is 12.7 Å². The van der Waals surface area contributed by atoms with Crippen LogP contribution in [0.15, 0.2) is 12.7 Å². The Morgan fingerprint density at radius 1 is 1.25 bits per heavy atom. The smallest absolute Gasteiger partial charge is 0.344 e. The molecule has 20 heavy (non-hydrogen) atoms. The highest BCUT2D eigenvalue weighted by molar-refractivity contribution is 5.83. The van der Waals surface area contributed by atoms with Crippen molar-refractivity contribution in [3.8, 4) is 0 Å². The highest BCUT2D eigenvalue weighted by Gasteiger charge is 2.57. The summed E-state index contributed by atoms with van der Waals surface area (Å²) in [6.07, 6.45) is 7.83. The third-order valence-corrected chi connectivity index (χ3v) is 5.13. The van der Waals surface area contributed by atoms with E-state index in [1.54, 1.807) is 0 Å². The van der Waals surface area contributed by atoms with Gasteiger partial charge in [-0.2, -0.15) is 0 Å². The SMILES string of the molecule is C=CC(=O)OCC(=O)OC12CC3CC(CC(C)(C3)C1)C2. The third kappa shape index (κ3) is 2.48. The Kier molecular flexibility index (Phi) is 3.14. The molecule has 4 saturated carbocycles. The normalized spacial score (nSPS) is 41.2. The van der Waals surface area contributed by atoms with Gasteiger partial charge >= 0.3 is 11.9 Å². The van der Waals surface area contributed by atoms with E-state index in [0.29, 0.717) is 17.3 Å².